The maximum absolute atomic E-state index is 12.8. The summed E-state index contributed by atoms with van der Waals surface area (Å²) in [5, 5.41) is 15.7. The third-order valence-electron chi connectivity index (χ3n) is 5.12. The number of hydrazone groups is 1. The Balaban J connectivity index is 1.71. The highest BCUT2D eigenvalue weighted by molar-refractivity contribution is 7.92. The Hall–Kier alpha value is -4.12. The van der Waals surface area contributed by atoms with Crippen LogP contribution in [0.1, 0.15) is 31.7 Å². The molecule has 0 aliphatic rings. The minimum absolute atomic E-state index is 0.0448. The Morgan fingerprint density at radius 3 is 2.47 bits per heavy atom. The van der Waals surface area contributed by atoms with Crippen LogP contribution in [-0.4, -0.2) is 33.3 Å². The second kappa shape index (κ2) is 12.5. The van der Waals surface area contributed by atoms with Crippen molar-refractivity contribution in [2.45, 2.75) is 31.1 Å². The molecule has 0 aromatic heterocycles. The number of ether oxygens (including phenoxy) is 2. The molecule has 0 fully saturated rings. The van der Waals surface area contributed by atoms with Gasteiger partial charge in [-0.25, -0.2) is 8.42 Å². The molecule has 0 saturated carbocycles. The van der Waals surface area contributed by atoms with Gasteiger partial charge in [0.1, 0.15) is 17.2 Å². The number of hydrogen-bond donors (Lipinski definition) is 2. The van der Waals surface area contributed by atoms with Gasteiger partial charge in [-0.05, 0) is 60.5 Å². The molecule has 0 unspecified atom stereocenters. The molecule has 10 nitrogen and oxygen atoms in total. The van der Waals surface area contributed by atoms with Crippen molar-refractivity contribution in [2.24, 2.45) is 5.10 Å². The van der Waals surface area contributed by atoms with E-state index < -0.39 is 20.6 Å². The van der Waals surface area contributed by atoms with E-state index in [1.165, 1.54) is 31.5 Å². The smallest absolute Gasteiger partial charge is 0.295 e. The number of nitro groups is 1. The largest absolute Gasteiger partial charge is 0.495 e. The predicted octanol–water partition coefficient (Wildman–Crippen LogP) is 5.42. The van der Waals surface area contributed by atoms with E-state index in [1.807, 2.05) is 24.3 Å². The SMILES string of the molecule is CCCCCOc1ccc(C=NNc2ccc(S(=O)(=O)Nc3ccccc3OC)cc2[N+](=O)[O-])cc1. The summed E-state index contributed by atoms with van der Waals surface area (Å²) in [5.74, 6) is 1.07. The fourth-order valence-electron chi connectivity index (χ4n) is 3.23. The number of nitrogens with zero attached hydrogens (tertiary/aromatic N) is 2. The Kier molecular flexibility index (Phi) is 9.23. The highest BCUT2D eigenvalue weighted by Gasteiger charge is 2.22. The number of benzene rings is 3. The summed E-state index contributed by atoms with van der Waals surface area (Å²) >= 11 is 0. The van der Waals surface area contributed by atoms with Gasteiger partial charge in [0, 0.05) is 6.07 Å². The van der Waals surface area contributed by atoms with Gasteiger partial charge in [-0.3, -0.25) is 20.3 Å². The predicted molar refractivity (Wildman–Crippen MR) is 140 cm³/mol. The van der Waals surface area contributed by atoms with Crippen molar-refractivity contribution in [2.75, 3.05) is 23.9 Å². The molecule has 3 rings (SSSR count). The fraction of sp³-hybridized carbons (Fsp3) is 0.240. The number of rotatable bonds is 13. The topological polar surface area (TPSA) is 132 Å². The van der Waals surface area contributed by atoms with Gasteiger partial charge in [-0.1, -0.05) is 31.9 Å². The maximum Gasteiger partial charge on any atom is 0.295 e. The lowest BCUT2D eigenvalue weighted by Gasteiger charge is -2.12. The summed E-state index contributed by atoms with van der Waals surface area (Å²) in [6, 6.07) is 17.3. The highest BCUT2D eigenvalue weighted by Crippen LogP contribution is 2.30. The van der Waals surface area contributed by atoms with Crippen LogP contribution in [0.25, 0.3) is 0 Å². The van der Waals surface area contributed by atoms with E-state index in [-0.39, 0.29) is 16.3 Å². The van der Waals surface area contributed by atoms with Crippen LogP contribution < -0.4 is 19.6 Å². The second-order valence-corrected chi connectivity index (χ2v) is 9.42. The van der Waals surface area contributed by atoms with Gasteiger partial charge >= 0.3 is 0 Å². The lowest BCUT2D eigenvalue weighted by molar-refractivity contribution is -0.384. The van der Waals surface area contributed by atoms with Gasteiger partial charge in [-0.2, -0.15) is 5.10 Å². The third kappa shape index (κ3) is 7.19. The van der Waals surface area contributed by atoms with Gasteiger partial charge in [0.25, 0.3) is 15.7 Å². The number of methoxy groups -OCH3 is 1. The zero-order valence-corrected chi connectivity index (χ0v) is 20.8. The number of para-hydroxylation sites is 2. The summed E-state index contributed by atoms with van der Waals surface area (Å²) in [4.78, 5) is 10.7. The molecule has 2 N–H and O–H groups in total. The average molecular weight is 513 g/mol. The lowest BCUT2D eigenvalue weighted by Crippen LogP contribution is -2.14. The zero-order chi connectivity index (χ0) is 26.0. The minimum Gasteiger partial charge on any atom is -0.495 e. The highest BCUT2D eigenvalue weighted by atomic mass is 32.2. The summed E-state index contributed by atoms with van der Waals surface area (Å²) in [6.07, 6.45) is 4.74. The molecule has 3 aromatic rings. The van der Waals surface area contributed by atoms with E-state index in [2.05, 4.69) is 22.2 Å². The van der Waals surface area contributed by atoms with Crippen molar-refractivity contribution >= 4 is 33.3 Å². The van der Waals surface area contributed by atoms with Crippen molar-refractivity contribution in [3.8, 4) is 11.5 Å². The van der Waals surface area contributed by atoms with Gasteiger partial charge in [0.2, 0.25) is 0 Å². The number of unbranched alkanes of at least 4 members (excludes halogenated alkanes) is 2. The molecule has 0 amide bonds. The molecular formula is C25H28N4O6S. The minimum atomic E-state index is -4.11. The first-order chi connectivity index (χ1) is 17.3. The molecule has 36 heavy (non-hydrogen) atoms. The maximum atomic E-state index is 12.8. The summed E-state index contributed by atoms with van der Waals surface area (Å²) in [5.41, 5.74) is 3.19. The van der Waals surface area contributed by atoms with Gasteiger partial charge in [0.05, 0.1) is 35.4 Å². The number of hydrogen-bond acceptors (Lipinski definition) is 8. The van der Waals surface area contributed by atoms with Crippen molar-refractivity contribution in [1.82, 2.24) is 0 Å². The number of anilines is 2. The molecule has 11 heteroatoms. The summed E-state index contributed by atoms with van der Waals surface area (Å²) in [6.45, 7) is 2.79. The van der Waals surface area contributed by atoms with Crippen LogP contribution in [0.2, 0.25) is 0 Å². The van der Waals surface area contributed by atoms with Crippen LogP contribution in [0.4, 0.5) is 17.1 Å². The molecule has 0 bridgehead atoms. The third-order valence-corrected chi connectivity index (χ3v) is 6.49. The zero-order valence-electron chi connectivity index (χ0n) is 20.0. The molecule has 0 atom stereocenters. The lowest BCUT2D eigenvalue weighted by atomic mass is 10.2. The Morgan fingerprint density at radius 1 is 1.03 bits per heavy atom. The van der Waals surface area contributed by atoms with Crippen LogP contribution in [0.3, 0.4) is 0 Å². The van der Waals surface area contributed by atoms with Gasteiger partial charge in [-0.15, -0.1) is 0 Å². The molecular weight excluding hydrogens is 484 g/mol. The number of nitro benzene ring substituents is 1. The van der Waals surface area contributed by atoms with Crippen molar-refractivity contribution < 1.29 is 22.8 Å². The first kappa shape index (κ1) is 26.5. The first-order valence-electron chi connectivity index (χ1n) is 11.3. The van der Waals surface area contributed by atoms with Crippen LogP contribution in [-0.2, 0) is 10.0 Å². The Bertz CT molecular complexity index is 1310. The van der Waals surface area contributed by atoms with Crippen LogP contribution in [0.5, 0.6) is 11.5 Å². The molecule has 190 valence electrons. The number of sulfonamides is 1. The van der Waals surface area contributed by atoms with E-state index in [0.29, 0.717) is 12.4 Å². The van der Waals surface area contributed by atoms with Gasteiger partial charge < -0.3 is 9.47 Å². The monoisotopic (exact) mass is 512 g/mol. The van der Waals surface area contributed by atoms with Crippen molar-refractivity contribution in [1.29, 1.82) is 0 Å². The molecule has 3 aromatic carbocycles. The molecule has 0 heterocycles. The van der Waals surface area contributed by atoms with E-state index in [9.17, 15) is 18.5 Å². The fourth-order valence-corrected chi connectivity index (χ4v) is 4.32. The van der Waals surface area contributed by atoms with E-state index in [1.54, 1.807) is 18.2 Å². The average Bonchev–Trinajstić information content (AvgIpc) is 2.87. The van der Waals surface area contributed by atoms with Crippen molar-refractivity contribution in [3.05, 3.63) is 82.4 Å². The van der Waals surface area contributed by atoms with E-state index in [0.717, 1.165) is 36.6 Å². The van der Waals surface area contributed by atoms with E-state index in [4.69, 9.17) is 9.47 Å². The molecule has 0 radical (unpaired) electrons. The number of nitrogens with one attached hydrogen (secondary N) is 2. The summed E-state index contributed by atoms with van der Waals surface area (Å²) in [7, 11) is -2.70. The van der Waals surface area contributed by atoms with Crippen LogP contribution in [0.15, 0.2) is 76.7 Å². The van der Waals surface area contributed by atoms with Crippen molar-refractivity contribution in [3.63, 3.8) is 0 Å². The van der Waals surface area contributed by atoms with E-state index >= 15 is 0 Å². The Morgan fingerprint density at radius 2 is 1.78 bits per heavy atom. The Labute approximate surface area is 210 Å². The van der Waals surface area contributed by atoms with Crippen LogP contribution in [0, 0.1) is 10.1 Å². The summed E-state index contributed by atoms with van der Waals surface area (Å²) < 4.78 is 38.9. The quantitative estimate of drug-likeness (QED) is 0.135. The van der Waals surface area contributed by atoms with Gasteiger partial charge in [0.15, 0.2) is 0 Å². The normalized spacial score (nSPS) is 11.3. The second-order valence-electron chi connectivity index (χ2n) is 7.74. The first-order valence-corrected chi connectivity index (χ1v) is 12.8. The molecule has 0 spiro atoms. The molecule has 0 aliphatic heterocycles. The molecule has 0 aliphatic carbocycles. The van der Waals surface area contributed by atoms with Crippen LogP contribution >= 0.6 is 0 Å². The standard InChI is InChI=1S/C25H28N4O6S/c1-3-4-7-16-35-20-12-10-19(11-13-20)18-26-27-22-15-14-21(17-24(22)29(30)31)36(32,33)28-23-8-5-6-9-25(23)34-2/h5-6,8-15,17-18,27-28H,3-4,7,16H2,1-2H3. The molecule has 0 saturated heterocycles.